The van der Waals surface area contributed by atoms with Gasteiger partial charge in [0.05, 0.1) is 6.61 Å². The van der Waals surface area contributed by atoms with Gasteiger partial charge in [-0.1, -0.05) is 0 Å². The van der Waals surface area contributed by atoms with Gasteiger partial charge in [0.15, 0.2) is 0 Å². The molecule has 1 heterocycles. The maximum Gasteiger partial charge on any atom is 0.327 e. The summed E-state index contributed by atoms with van der Waals surface area (Å²) in [6.07, 6.45) is 2.42. The number of piperidine rings is 1. The van der Waals surface area contributed by atoms with Crippen molar-refractivity contribution in [2.75, 3.05) is 40.3 Å². The topological polar surface area (TPSA) is 44.8 Å². The molecule has 1 aliphatic rings. The predicted molar refractivity (Wildman–Crippen MR) is 86.5 cm³/mol. The summed E-state index contributed by atoms with van der Waals surface area (Å²) in [5, 5.41) is 3.39. The molecule has 0 amide bonds. The zero-order valence-corrected chi connectivity index (χ0v) is 14.6. The molecular formula is C16H33N3O2. The second-order valence-electron chi connectivity index (χ2n) is 6.83. The second-order valence-corrected chi connectivity index (χ2v) is 6.83. The molecule has 0 aromatic heterocycles. The van der Waals surface area contributed by atoms with E-state index >= 15 is 0 Å². The minimum absolute atomic E-state index is 0.158. The Bertz CT molecular complexity index is 335. The third-order valence-corrected chi connectivity index (χ3v) is 4.12. The van der Waals surface area contributed by atoms with E-state index in [9.17, 15) is 4.79 Å². The highest BCUT2D eigenvalue weighted by molar-refractivity contribution is 5.80. The zero-order chi connectivity index (χ0) is 16.0. The number of rotatable bonds is 7. The number of likely N-dealkylation sites (N-methyl/N-ethyl adjacent to an activating group) is 2. The fourth-order valence-corrected chi connectivity index (χ4v) is 3.22. The van der Waals surface area contributed by atoms with Crippen molar-refractivity contribution in [3.63, 3.8) is 0 Å². The van der Waals surface area contributed by atoms with E-state index in [1.807, 2.05) is 13.8 Å². The van der Waals surface area contributed by atoms with Crippen LogP contribution in [0.25, 0.3) is 0 Å². The fraction of sp³-hybridized carbons (Fsp3) is 0.938. The Hall–Kier alpha value is -0.650. The van der Waals surface area contributed by atoms with Crippen molar-refractivity contribution >= 4 is 5.97 Å². The van der Waals surface area contributed by atoms with E-state index in [0.29, 0.717) is 19.2 Å². The molecule has 2 atom stereocenters. The summed E-state index contributed by atoms with van der Waals surface area (Å²) in [5.41, 5.74) is -0.658. The number of likely N-dealkylation sites (tertiary alicyclic amines) is 1. The van der Waals surface area contributed by atoms with Gasteiger partial charge < -0.3 is 9.64 Å². The molecule has 1 aliphatic heterocycles. The summed E-state index contributed by atoms with van der Waals surface area (Å²) in [6.45, 7) is 11.3. The molecule has 0 spiro atoms. The lowest BCUT2D eigenvalue weighted by Gasteiger charge is -2.40. The Balaban J connectivity index is 2.72. The minimum Gasteiger partial charge on any atom is -0.465 e. The van der Waals surface area contributed by atoms with Crippen LogP contribution in [-0.2, 0) is 9.53 Å². The van der Waals surface area contributed by atoms with Crippen LogP contribution >= 0.6 is 0 Å². The number of esters is 1. The quantitative estimate of drug-likeness (QED) is 0.719. The van der Waals surface area contributed by atoms with Crippen LogP contribution in [0, 0.1) is 0 Å². The highest BCUT2D eigenvalue weighted by atomic mass is 16.5. The average Bonchev–Trinajstić information content (AvgIpc) is 2.37. The van der Waals surface area contributed by atoms with Gasteiger partial charge in [-0.25, -0.2) is 0 Å². The first kappa shape index (κ1) is 18.4. The summed E-state index contributed by atoms with van der Waals surface area (Å²) in [6, 6.07) is 0.744. The molecule has 0 aliphatic carbocycles. The van der Waals surface area contributed by atoms with Crippen molar-refractivity contribution in [1.29, 1.82) is 0 Å². The van der Waals surface area contributed by atoms with Gasteiger partial charge in [-0.15, -0.1) is 0 Å². The maximum absolute atomic E-state index is 12.4. The molecule has 0 saturated carbocycles. The molecule has 1 fully saturated rings. The number of carbonyl (C=O) groups excluding carboxylic acids is 1. The Morgan fingerprint density at radius 1 is 1.52 bits per heavy atom. The first-order chi connectivity index (χ1) is 9.78. The Morgan fingerprint density at radius 3 is 2.71 bits per heavy atom. The van der Waals surface area contributed by atoms with Gasteiger partial charge in [0.25, 0.3) is 0 Å². The summed E-state index contributed by atoms with van der Waals surface area (Å²) < 4.78 is 5.28. The molecule has 2 unspecified atom stereocenters. The molecule has 1 N–H and O–H groups in total. The van der Waals surface area contributed by atoms with Gasteiger partial charge in [-0.2, -0.15) is 0 Å². The summed E-state index contributed by atoms with van der Waals surface area (Å²) in [5.74, 6) is -0.158. The van der Waals surface area contributed by atoms with Crippen molar-refractivity contribution in [1.82, 2.24) is 15.1 Å². The average molecular weight is 299 g/mol. The van der Waals surface area contributed by atoms with E-state index in [0.717, 1.165) is 6.54 Å². The monoisotopic (exact) mass is 299 g/mol. The fourth-order valence-electron chi connectivity index (χ4n) is 3.22. The molecule has 1 saturated heterocycles. The third-order valence-electron chi connectivity index (χ3n) is 4.12. The van der Waals surface area contributed by atoms with Crippen molar-refractivity contribution < 1.29 is 9.53 Å². The van der Waals surface area contributed by atoms with Crippen LogP contribution in [0.1, 0.15) is 40.5 Å². The van der Waals surface area contributed by atoms with Gasteiger partial charge in [0.1, 0.15) is 5.54 Å². The molecule has 5 nitrogen and oxygen atoms in total. The predicted octanol–water partition coefficient (Wildman–Crippen LogP) is 1.33. The number of ether oxygens (including phenoxy) is 1. The number of nitrogens with zero attached hydrogens (tertiary/aromatic N) is 2. The summed E-state index contributed by atoms with van der Waals surface area (Å²) in [7, 11) is 4.28. The normalized spacial score (nSPS) is 23.3. The van der Waals surface area contributed by atoms with Crippen LogP contribution in [0.3, 0.4) is 0 Å². The minimum atomic E-state index is -0.658. The standard InChI is InChI=1S/C16H33N3O2/c1-7-21-15(20)16(4,17-13(2)3)12-19(6)14-9-8-10-18(5)11-14/h13-14,17H,7-12H2,1-6H3. The van der Waals surface area contributed by atoms with E-state index in [1.165, 1.54) is 19.4 Å². The SMILES string of the molecule is CCOC(=O)C(C)(CN(C)C1CCCN(C)C1)NC(C)C. The first-order valence-electron chi connectivity index (χ1n) is 8.12. The van der Waals surface area contributed by atoms with Crippen LogP contribution in [0.15, 0.2) is 0 Å². The number of nitrogens with one attached hydrogen (secondary N) is 1. The van der Waals surface area contributed by atoms with Crippen molar-refractivity contribution in [3.05, 3.63) is 0 Å². The molecule has 0 bridgehead atoms. The number of hydrogen-bond acceptors (Lipinski definition) is 5. The third kappa shape index (κ3) is 5.57. The Morgan fingerprint density at radius 2 is 2.19 bits per heavy atom. The van der Waals surface area contributed by atoms with Crippen LogP contribution < -0.4 is 5.32 Å². The lowest BCUT2D eigenvalue weighted by Crippen LogP contribution is -2.61. The molecule has 0 aromatic rings. The lowest BCUT2D eigenvalue weighted by molar-refractivity contribution is -0.152. The first-order valence-corrected chi connectivity index (χ1v) is 8.12. The molecule has 0 aromatic carbocycles. The summed E-state index contributed by atoms with van der Waals surface area (Å²) in [4.78, 5) is 17.0. The van der Waals surface area contributed by atoms with Crippen LogP contribution in [-0.4, -0.2) is 73.7 Å². The smallest absolute Gasteiger partial charge is 0.327 e. The zero-order valence-electron chi connectivity index (χ0n) is 14.6. The van der Waals surface area contributed by atoms with Crippen LogP contribution in [0.2, 0.25) is 0 Å². The van der Waals surface area contributed by atoms with Crippen LogP contribution in [0.4, 0.5) is 0 Å². The highest BCUT2D eigenvalue weighted by Gasteiger charge is 2.38. The van der Waals surface area contributed by atoms with E-state index in [-0.39, 0.29) is 12.0 Å². The Labute approximate surface area is 130 Å². The molecule has 21 heavy (non-hydrogen) atoms. The van der Waals surface area contributed by atoms with E-state index in [4.69, 9.17) is 4.74 Å². The second kappa shape index (κ2) is 8.11. The lowest BCUT2D eigenvalue weighted by atomic mass is 9.97. The van der Waals surface area contributed by atoms with Crippen molar-refractivity contribution in [2.24, 2.45) is 0 Å². The van der Waals surface area contributed by atoms with Crippen molar-refractivity contribution in [2.45, 2.75) is 58.2 Å². The van der Waals surface area contributed by atoms with Gasteiger partial charge in [-0.3, -0.25) is 15.0 Å². The molecule has 5 heteroatoms. The largest absolute Gasteiger partial charge is 0.465 e. The van der Waals surface area contributed by atoms with Gasteiger partial charge in [0.2, 0.25) is 0 Å². The number of hydrogen-bond donors (Lipinski definition) is 1. The van der Waals surface area contributed by atoms with E-state index in [2.05, 4.69) is 43.1 Å². The number of carbonyl (C=O) groups is 1. The van der Waals surface area contributed by atoms with E-state index < -0.39 is 5.54 Å². The molecule has 0 radical (unpaired) electrons. The Kier molecular flexibility index (Phi) is 7.10. The molecule has 1 rings (SSSR count). The van der Waals surface area contributed by atoms with E-state index in [1.54, 1.807) is 0 Å². The van der Waals surface area contributed by atoms with Gasteiger partial charge in [0, 0.05) is 25.2 Å². The van der Waals surface area contributed by atoms with Gasteiger partial charge in [-0.05, 0) is 61.2 Å². The molecular weight excluding hydrogens is 266 g/mol. The summed E-state index contributed by atoms with van der Waals surface area (Å²) >= 11 is 0. The van der Waals surface area contributed by atoms with Crippen LogP contribution in [0.5, 0.6) is 0 Å². The molecule has 124 valence electrons. The highest BCUT2D eigenvalue weighted by Crippen LogP contribution is 2.17. The van der Waals surface area contributed by atoms with Crippen molar-refractivity contribution in [3.8, 4) is 0 Å². The van der Waals surface area contributed by atoms with Gasteiger partial charge >= 0.3 is 5.97 Å². The maximum atomic E-state index is 12.4.